The van der Waals surface area contributed by atoms with Gasteiger partial charge in [-0.05, 0) is 31.2 Å². The Morgan fingerprint density at radius 2 is 1.48 bits per heavy atom. The van der Waals surface area contributed by atoms with Crippen molar-refractivity contribution in [2.45, 2.75) is 6.92 Å². The Kier molecular flexibility index (Phi) is 6.65. The molecule has 0 aliphatic rings. The van der Waals surface area contributed by atoms with Crippen molar-refractivity contribution < 1.29 is 14.3 Å². The van der Waals surface area contributed by atoms with Crippen LogP contribution in [0.15, 0.2) is 48.5 Å². The average Bonchev–Trinajstić information content (AvgIpc) is 2.73. The van der Waals surface area contributed by atoms with Crippen LogP contribution in [0, 0.1) is 11.3 Å². The van der Waals surface area contributed by atoms with Crippen molar-refractivity contribution in [1.29, 1.82) is 5.26 Å². The highest BCUT2D eigenvalue weighted by Gasteiger charge is 2.19. The number of carbonyl (C=O) groups excluding carboxylic acids is 1. The van der Waals surface area contributed by atoms with Gasteiger partial charge in [-0.25, -0.2) is 14.8 Å². The zero-order valence-corrected chi connectivity index (χ0v) is 16.9. The van der Waals surface area contributed by atoms with E-state index in [0.29, 0.717) is 21.4 Å². The fourth-order valence-electron chi connectivity index (χ4n) is 2.54. The monoisotopic (exact) mass is 427 g/mol. The fraction of sp³-hybridized carbons (Fsp3) is 0.143. The van der Waals surface area contributed by atoms with E-state index in [4.69, 9.17) is 32.7 Å². The molecule has 0 unspecified atom stereocenters. The SMILES string of the molecule is CCOC(=O)COc1nc(-c2ccc(Cl)cc2)c(-c2ccc(Cl)cc2)nc1C#N. The van der Waals surface area contributed by atoms with Crippen molar-refractivity contribution in [3.05, 3.63) is 64.3 Å². The van der Waals surface area contributed by atoms with Crippen LogP contribution in [0.25, 0.3) is 22.5 Å². The predicted octanol–water partition coefficient (Wildman–Crippen LogP) is 4.93. The second-order valence-corrected chi connectivity index (χ2v) is 6.67. The van der Waals surface area contributed by atoms with Crippen molar-refractivity contribution in [1.82, 2.24) is 9.97 Å². The highest BCUT2D eigenvalue weighted by Crippen LogP contribution is 2.33. The van der Waals surface area contributed by atoms with E-state index in [9.17, 15) is 10.1 Å². The Balaban J connectivity index is 2.11. The maximum absolute atomic E-state index is 11.6. The van der Waals surface area contributed by atoms with Crippen molar-refractivity contribution >= 4 is 29.2 Å². The molecule has 1 heterocycles. The summed E-state index contributed by atoms with van der Waals surface area (Å²) in [6, 6.07) is 16.0. The molecule has 1 aromatic heterocycles. The number of rotatable bonds is 6. The number of halogens is 2. The minimum Gasteiger partial charge on any atom is -0.464 e. The van der Waals surface area contributed by atoms with Crippen LogP contribution in [-0.4, -0.2) is 29.2 Å². The molecule has 0 aliphatic heterocycles. The number of hydrogen-bond donors (Lipinski definition) is 0. The molecule has 0 bridgehead atoms. The Labute approximate surface area is 177 Å². The lowest BCUT2D eigenvalue weighted by Gasteiger charge is -2.13. The number of nitriles is 1. The number of hydrogen-bond acceptors (Lipinski definition) is 6. The van der Waals surface area contributed by atoms with Gasteiger partial charge in [0.15, 0.2) is 6.61 Å². The van der Waals surface area contributed by atoms with Crippen LogP contribution in [0.2, 0.25) is 10.0 Å². The summed E-state index contributed by atoms with van der Waals surface area (Å²) in [5.74, 6) is -0.615. The quantitative estimate of drug-likeness (QED) is 0.518. The Morgan fingerprint density at radius 1 is 0.966 bits per heavy atom. The van der Waals surface area contributed by atoms with E-state index in [0.717, 1.165) is 11.1 Å². The van der Waals surface area contributed by atoms with Crippen LogP contribution in [0.3, 0.4) is 0 Å². The molecule has 29 heavy (non-hydrogen) atoms. The smallest absolute Gasteiger partial charge is 0.344 e. The number of benzene rings is 2. The second kappa shape index (κ2) is 9.37. The largest absolute Gasteiger partial charge is 0.464 e. The van der Waals surface area contributed by atoms with Crippen LogP contribution < -0.4 is 4.74 Å². The molecular formula is C21H15Cl2N3O3. The van der Waals surface area contributed by atoms with Gasteiger partial charge in [0.25, 0.3) is 5.88 Å². The van der Waals surface area contributed by atoms with Crippen LogP contribution in [0.4, 0.5) is 0 Å². The van der Waals surface area contributed by atoms with E-state index in [1.54, 1.807) is 55.5 Å². The molecule has 0 radical (unpaired) electrons. The lowest BCUT2D eigenvalue weighted by Crippen LogP contribution is -2.16. The third kappa shape index (κ3) is 5.02. The molecule has 0 spiro atoms. The molecule has 146 valence electrons. The van der Waals surface area contributed by atoms with E-state index >= 15 is 0 Å². The van der Waals surface area contributed by atoms with E-state index in [2.05, 4.69) is 9.97 Å². The first kappa shape index (κ1) is 20.6. The van der Waals surface area contributed by atoms with E-state index < -0.39 is 5.97 Å². The first-order valence-electron chi connectivity index (χ1n) is 8.64. The molecule has 3 rings (SSSR count). The summed E-state index contributed by atoms with van der Waals surface area (Å²) < 4.78 is 10.3. The summed E-state index contributed by atoms with van der Waals surface area (Å²) in [7, 11) is 0. The molecule has 2 aromatic carbocycles. The molecule has 3 aromatic rings. The minimum atomic E-state index is -0.562. The van der Waals surface area contributed by atoms with Crippen LogP contribution in [0.1, 0.15) is 12.6 Å². The van der Waals surface area contributed by atoms with Crippen molar-refractivity contribution in [3.63, 3.8) is 0 Å². The number of esters is 1. The Hall–Kier alpha value is -3.14. The first-order valence-corrected chi connectivity index (χ1v) is 9.40. The molecule has 0 saturated carbocycles. The molecule has 0 amide bonds. The van der Waals surface area contributed by atoms with Gasteiger partial charge in [0, 0.05) is 21.2 Å². The van der Waals surface area contributed by atoms with Gasteiger partial charge in [-0.3, -0.25) is 0 Å². The molecule has 0 N–H and O–H groups in total. The molecule has 8 heteroatoms. The summed E-state index contributed by atoms with van der Waals surface area (Å²) in [6.45, 7) is 1.54. The number of aromatic nitrogens is 2. The summed E-state index contributed by atoms with van der Waals surface area (Å²) in [5.41, 5.74) is 2.35. The van der Waals surface area contributed by atoms with Gasteiger partial charge in [0.05, 0.1) is 12.3 Å². The van der Waals surface area contributed by atoms with Gasteiger partial charge < -0.3 is 9.47 Å². The fourth-order valence-corrected chi connectivity index (χ4v) is 2.79. The molecule has 0 saturated heterocycles. The number of nitrogens with zero attached hydrogens (tertiary/aromatic N) is 3. The van der Waals surface area contributed by atoms with Crippen LogP contribution in [-0.2, 0) is 9.53 Å². The molecule has 0 aliphatic carbocycles. The summed E-state index contributed by atoms with van der Waals surface area (Å²) in [4.78, 5) is 20.5. The zero-order chi connectivity index (χ0) is 20.8. The van der Waals surface area contributed by atoms with Gasteiger partial charge in [-0.2, -0.15) is 5.26 Å². The topological polar surface area (TPSA) is 85.1 Å². The molecular weight excluding hydrogens is 413 g/mol. The predicted molar refractivity (Wildman–Crippen MR) is 110 cm³/mol. The molecule has 0 atom stereocenters. The standard InChI is InChI=1S/C21H15Cl2N3O3/c1-2-28-18(27)12-29-21-17(11-24)25-19(13-3-7-15(22)8-4-13)20(26-21)14-5-9-16(23)10-6-14/h3-10H,2,12H2,1H3. The maximum Gasteiger partial charge on any atom is 0.344 e. The normalized spacial score (nSPS) is 10.3. The van der Waals surface area contributed by atoms with E-state index in [1.807, 2.05) is 6.07 Å². The average molecular weight is 428 g/mol. The lowest BCUT2D eigenvalue weighted by atomic mass is 10.0. The van der Waals surface area contributed by atoms with Crippen molar-refractivity contribution in [2.75, 3.05) is 13.2 Å². The van der Waals surface area contributed by atoms with Gasteiger partial charge in [-0.1, -0.05) is 47.5 Å². The third-order valence-corrected chi connectivity index (χ3v) is 4.34. The molecule has 0 fully saturated rings. The summed E-state index contributed by atoms with van der Waals surface area (Å²) >= 11 is 12.0. The van der Waals surface area contributed by atoms with Crippen molar-refractivity contribution in [2.24, 2.45) is 0 Å². The van der Waals surface area contributed by atoms with Gasteiger partial charge in [-0.15, -0.1) is 0 Å². The first-order chi connectivity index (χ1) is 14.0. The third-order valence-electron chi connectivity index (χ3n) is 3.84. The van der Waals surface area contributed by atoms with Crippen LogP contribution >= 0.6 is 23.2 Å². The summed E-state index contributed by atoms with van der Waals surface area (Å²) in [5, 5.41) is 10.7. The van der Waals surface area contributed by atoms with Gasteiger partial charge in [0.2, 0.25) is 5.69 Å². The Morgan fingerprint density at radius 3 is 1.97 bits per heavy atom. The molecule has 6 nitrogen and oxygen atoms in total. The Bertz CT molecular complexity index is 1060. The number of ether oxygens (including phenoxy) is 2. The zero-order valence-electron chi connectivity index (χ0n) is 15.4. The number of carbonyl (C=O) groups is 1. The van der Waals surface area contributed by atoms with Gasteiger partial charge >= 0.3 is 5.97 Å². The summed E-state index contributed by atoms with van der Waals surface area (Å²) in [6.07, 6.45) is 0. The highest BCUT2D eigenvalue weighted by atomic mass is 35.5. The minimum absolute atomic E-state index is 0.0445. The maximum atomic E-state index is 11.6. The van der Waals surface area contributed by atoms with Crippen LogP contribution in [0.5, 0.6) is 5.88 Å². The lowest BCUT2D eigenvalue weighted by molar-refractivity contribution is -0.145. The van der Waals surface area contributed by atoms with Gasteiger partial charge in [0.1, 0.15) is 11.8 Å². The van der Waals surface area contributed by atoms with E-state index in [-0.39, 0.29) is 24.8 Å². The van der Waals surface area contributed by atoms with Crippen molar-refractivity contribution in [3.8, 4) is 34.5 Å². The second-order valence-electron chi connectivity index (χ2n) is 5.79. The highest BCUT2D eigenvalue weighted by molar-refractivity contribution is 6.31. The van der Waals surface area contributed by atoms with E-state index in [1.165, 1.54) is 0 Å².